The molecule has 0 unspecified atom stereocenters. The van der Waals surface area contributed by atoms with E-state index in [0.717, 1.165) is 25.9 Å². The molecule has 1 amide bonds. The molecule has 4 heteroatoms. The fraction of sp³-hybridized carbons (Fsp3) is 0.889. The van der Waals surface area contributed by atoms with E-state index in [2.05, 4.69) is 12.2 Å². The summed E-state index contributed by atoms with van der Waals surface area (Å²) in [5.74, 6) is -0.103. The summed E-state index contributed by atoms with van der Waals surface area (Å²) in [5.41, 5.74) is 5.11. The van der Waals surface area contributed by atoms with Crippen molar-refractivity contribution in [1.29, 1.82) is 0 Å². The summed E-state index contributed by atoms with van der Waals surface area (Å²) in [5, 5.41) is 2.68. The van der Waals surface area contributed by atoms with Gasteiger partial charge in [-0.15, -0.1) is 0 Å². The van der Waals surface area contributed by atoms with Crippen molar-refractivity contribution in [3.8, 4) is 0 Å². The molecule has 0 aliphatic carbocycles. The van der Waals surface area contributed by atoms with Crippen LogP contribution < -0.4 is 11.1 Å². The first-order chi connectivity index (χ1) is 6.31. The molecule has 0 saturated heterocycles. The maximum Gasteiger partial charge on any atom is 0.233 e. The van der Waals surface area contributed by atoms with Gasteiger partial charge in [-0.25, -0.2) is 0 Å². The molecule has 0 aromatic carbocycles. The van der Waals surface area contributed by atoms with Crippen LogP contribution >= 0.6 is 0 Å². The number of carbonyl (C=O) groups is 1. The van der Waals surface area contributed by atoms with Crippen LogP contribution in [0.4, 0.5) is 0 Å². The summed E-state index contributed by atoms with van der Waals surface area (Å²) < 4.78 is 5.31. The number of unbranched alkanes of at least 4 members (excludes halogenated alkanes) is 1. The number of hydrogen-bond acceptors (Lipinski definition) is 3. The van der Waals surface area contributed by atoms with Crippen LogP contribution in [0, 0.1) is 0 Å². The molecule has 0 aliphatic heterocycles. The molecule has 78 valence electrons. The van der Waals surface area contributed by atoms with E-state index in [4.69, 9.17) is 10.5 Å². The van der Waals surface area contributed by atoms with Crippen molar-refractivity contribution in [3.05, 3.63) is 0 Å². The zero-order valence-corrected chi connectivity index (χ0v) is 8.34. The average molecular weight is 188 g/mol. The van der Waals surface area contributed by atoms with Crippen LogP contribution in [0.25, 0.3) is 0 Å². The molecule has 0 aromatic heterocycles. The standard InChI is InChI=1S/C9H20N2O2/c1-2-3-6-13-7-4-5-11-9(12)8-10/h2-8,10H2,1H3,(H,11,12). The monoisotopic (exact) mass is 188 g/mol. The molecule has 0 radical (unpaired) electrons. The summed E-state index contributed by atoms with van der Waals surface area (Å²) in [4.78, 5) is 10.7. The van der Waals surface area contributed by atoms with Crippen LogP contribution in [0.2, 0.25) is 0 Å². The van der Waals surface area contributed by atoms with E-state index in [1.54, 1.807) is 0 Å². The zero-order chi connectivity index (χ0) is 9.94. The number of ether oxygens (including phenoxy) is 1. The number of rotatable bonds is 8. The molecule has 0 fully saturated rings. The maximum absolute atomic E-state index is 10.7. The molecule has 0 aliphatic rings. The van der Waals surface area contributed by atoms with Crippen molar-refractivity contribution < 1.29 is 9.53 Å². The van der Waals surface area contributed by atoms with E-state index in [1.807, 2.05) is 0 Å². The van der Waals surface area contributed by atoms with Gasteiger partial charge in [0.25, 0.3) is 0 Å². The molecule has 0 saturated carbocycles. The number of nitrogens with one attached hydrogen (secondary N) is 1. The van der Waals surface area contributed by atoms with Crippen molar-refractivity contribution in [2.24, 2.45) is 5.73 Å². The van der Waals surface area contributed by atoms with Crippen molar-refractivity contribution in [1.82, 2.24) is 5.32 Å². The average Bonchev–Trinajstić information content (AvgIpc) is 2.16. The second kappa shape index (κ2) is 9.48. The fourth-order valence-corrected chi connectivity index (χ4v) is 0.823. The van der Waals surface area contributed by atoms with Crippen LogP contribution in [0.5, 0.6) is 0 Å². The second-order valence-corrected chi connectivity index (χ2v) is 2.87. The topological polar surface area (TPSA) is 64.3 Å². The molecule has 0 spiro atoms. The maximum atomic E-state index is 10.7. The van der Waals surface area contributed by atoms with E-state index in [1.165, 1.54) is 0 Å². The van der Waals surface area contributed by atoms with E-state index in [0.29, 0.717) is 13.2 Å². The fourth-order valence-electron chi connectivity index (χ4n) is 0.823. The zero-order valence-electron chi connectivity index (χ0n) is 8.34. The quantitative estimate of drug-likeness (QED) is 0.537. The third-order valence-electron chi connectivity index (χ3n) is 1.62. The van der Waals surface area contributed by atoms with Gasteiger partial charge < -0.3 is 15.8 Å². The Hall–Kier alpha value is -0.610. The SMILES string of the molecule is CCCCOCCCNC(=O)CN. The summed E-state index contributed by atoms with van der Waals surface area (Å²) in [7, 11) is 0. The summed E-state index contributed by atoms with van der Waals surface area (Å²) in [6.07, 6.45) is 3.12. The predicted molar refractivity (Wildman–Crippen MR) is 52.4 cm³/mol. The molecule has 0 bridgehead atoms. The van der Waals surface area contributed by atoms with Gasteiger partial charge in [0.05, 0.1) is 6.54 Å². The highest BCUT2D eigenvalue weighted by atomic mass is 16.5. The van der Waals surface area contributed by atoms with Crippen molar-refractivity contribution in [2.45, 2.75) is 26.2 Å². The Labute approximate surface area is 79.8 Å². The van der Waals surface area contributed by atoms with Crippen molar-refractivity contribution in [2.75, 3.05) is 26.3 Å². The van der Waals surface area contributed by atoms with E-state index in [9.17, 15) is 4.79 Å². The molecule has 0 rings (SSSR count). The molecular formula is C9H20N2O2. The molecule has 4 nitrogen and oxygen atoms in total. The molecule has 0 atom stereocenters. The van der Waals surface area contributed by atoms with Gasteiger partial charge in [-0.2, -0.15) is 0 Å². The minimum Gasteiger partial charge on any atom is -0.381 e. The Kier molecular flexibility index (Phi) is 9.03. The third kappa shape index (κ3) is 9.30. The van der Waals surface area contributed by atoms with E-state index in [-0.39, 0.29) is 12.5 Å². The van der Waals surface area contributed by atoms with Crippen molar-refractivity contribution >= 4 is 5.91 Å². The Morgan fingerprint density at radius 2 is 2.08 bits per heavy atom. The molecule has 0 aromatic rings. The van der Waals surface area contributed by atoms with Gasteiger partial charge in [-0.3, -0.25) is 4.79 Å². The highest BCUT2D eigenvalue weighted by Gasteiger charge is 1.94. The first kappa shape index (κ1) is 12.4. The van der Waals surface area contributed by atoms with Crippen LogP contribution in [0.3, 0.4) is 0 Å². The van der Waals surface area contributed by atoms with Gasteiger partial charge in [-0.1, -0.05) is 13.3 Å². The minimum atomic E-state index is -0.103. The van der Waals surface area contributed by atoms with Gasteiger partial charge >= 0.3 is 0 Å². The molecule has 0 heterocycles. The number of hydrogen-bond donors (Lipinski definition) is 2. The predicted octanol–water partition coefficient (Wildman–Crippen LogP) is 0.268. The Morgan fingerprint density at radius 1 is 1.38 bits per heavy atom. The van der Waals surface area contributed by atoms with E-state index < -0.39 is 0 Å². The van der Waals surface area contributed by atoms with Crippen LogP contribution in [-0.4, -0.2) is 32.2 Å². The highest BCUT2D eigenvalue weighted by Crippen LogP contribution is 1.88. The smallest absolute Gasteiger partial charge is 0.233 e. The Balaban J connectivity index is 2.95. The second-order valence-electron chi connectivity index (χ2n) is 2.87. The summed E-state index contributed by atoms with van der Waals surface area (Å²) >= 11 is 0. The lowest BCUT2D eigenvalue weighted by molar-refractivity contribution is -0.119. The molecule has 3 N–H and O–H groups in total. The lowest BCUT2D eigenvalue weighted by atomic mass is 10.3. The Bertz CT molecular complexity index is 129. The Morgan fingerprint density at radius 3 is 2.69 bits per heavy atom. The van der Waals surface area contributed by atoms with Crippen LogP contribution in [0.1, 0.15) is 26.2 Å². The van der Waals surface area contributed by atoms with Gasteiger partial charge in [0.2, 0.25) is 5.91 Å². The largest absolute Gasteiger partial charge is 0.381 e. The van der Waals surface area contributed by atoms with Gasteiger partial charge in [0, 0.05) is 19.8 Å². The number of amides is 1. The molecular weight excluding hydrogens is 168 g/mol. The van der Waals surface area contributed by atoms with Crippen LogP contribution in [0.15, 0.2) is 0 Å². The summed E-state index contributed by atoms with van der Waals surface area (Å²) in [6.45, 7) is 4.38. The first-order valence-corrected chi connectivity index (χ1v) is 4.85. The van der Waals surface area contributed by atoms with E-state index >= 15 is 0 Å². The number of nitrogens with two attached hydrogens (primary N) is 1. The summed E-state index contributed by atoms with van der Waals surface area (Å²) in [6, 6.07) is 0. The molecule has 13 heavy (non-hydrogen) atoms. The number of carbonyl (C=O) groups excluding carboxylic acids is 1. The van der Waals surface area contributed by atoms with Crippen LogP contribution in [-0.2, 0) is 9.53 Å². The lowest BCUT2D eigenvalue weighted by Gasteiger charge is -2.04. The van der Waals surface area contributed by atoms with Crippen molar-refractivity contribution in [3.63, 3.8) is 0 Å². The van der Waals surface area contributed by atoms with Gasteiger partial charge in [0.15, 0.2) is 0 Å². The normalized spacial score (nSPS) is 10.0. The van der Waals surface area contributed by atoms with Gasteiger partial charge in [0.1, 0.15) is 0 Å². The third-order valence-corrected chi connectivity index (χ3v) is 1.62. The van der Waals surface area contributed by atoms with Gasteiger partial charge in [-0.05, 0) is 12.8 Å². The minimum absolute atomic E-state index is 0.0662. The lowest BCUT2D eigenvalue weighted by Crippen LogP contribution is -2.31. The first-order valence-electron chi connectivity index (χ1n) is 4.85. The highest BCUT2D eigenvalue weighted by molar-refractivity contribution is 5.77.